The predicted molar refractivity (Wildman–Crippen MR) is 162 cm³/mol. The van der Waals surface area contributed by atoms with Crippen LogP contribution in [-0.4, -0.2) is 28.0 Å². The van der Waals surface area contributed by atoms with E-state index in [1.807, 2.05) is 91.3 Å². The van der Waals surface area contributed by atoms with E-state index < -0.39 is 5.97 Å². The number of methoxy groups -OCH3 is 1. The predicted octanol–water partition coefficient (Wildman–Crippen LogP) is 7.80. The molecule has 0 amide bonds. The van der Waals surface area contributed by atoms with Gasteiger partial charge in [0.15, 0.2) is 5.11 Å². The highest BCUT2D eigenvalue weighted by Crippen LogP contribution is 2.37. The van der Waals surface area contributed by atoms with Gasteiger partial charge in [0, 0.05) is 15.8 Å². The van der Waals surface area contributed by atoms with E-state index in [0.29, 0.717) is 21.6 Å². The summed E-state index contributed by atoms with van der Waals surface area (Å²) >= 11 is 13.2. The molecule has 0 saturated heterocycles. The van der Waals surface area contributed by atoms with Gasteiger partial charge in [-0.15, -0.1) is 11.3 Å². The molecule has 0 aliphatic heterocycles. The fourth-order valence-electron chi connectivity index (χ4n) is 4.18. The van der Waals surface area contributed by atoms with Gasteiger partial charge in [-0.2, -0.15) is 5.10 Å². The van der Waals surface area contributed by atoms with Crippen LogP contribution in [0.3, 0.4) is 0 Å². The maximum Gasteiger partial charge on any atom is 0.349 e. The lowest BCUT2D eigenvalue weighted by atomic mass is 10.2. The number of para-hydroxylation sites is 1. The molecule has 0 fully saturated rings. The topological polar surface area (TPSA) is 77.4 Å². The van der Waals surface area contributed by atoms with Crippen molar-refractivity contribution in [3.05, 3.63) is 99.6 Å². The number of thiophene rings is 1. The number of anilines is 2. The van der Waals surface area contributed by atoms with Gasteiger partial charge in [0.1, 0.15) is 16.4 Å². The fourth-order valence-corrected chi connectivity index (χ4v) is 5.87. The van der Waals surface area contributed by atoms with Gasteiger partial charge in [-0.1, -0.05) is 41.9 Å². The molecule has 2 aromatic heterocycles. The van der Waals surface area contributed by atoms with Crippen LogP contribution in [0.4, 0.5) is 11.4 Å². The highest BCUT2D eigenvalue weighted by atomic mass is 35.5. The molecular weight excluding hydrogens is 552 g/mol. The minimum Gasteiger partial charge on any atom is -0.465 e. The van der Waals surface area contributed by atoms with Gasteiger partial charge in [-0.25, -0.2) is 4.79 Å². The van der Waals surface area contributed by atoms with E-state index in [9.17, 15) is 4.79 Å². The fraction of sp³-hybridized carbons (Fsp3) is 0.138. The van der Waals surface area contributed by atoms with Crippen molar-refractivity contribution in [2.45, 2.75) is 20.4 Å². The first-order valence-electron chi connectivity index (χ1n) is 12.1. The van der Waals surface area contributed by atoms with Crippen LogP contribution >= 0.6 is 35.2 Å². The molecule has 2 heterocycles. The second-order valence-corrected chi connectivity index (χ2v) is 10.6. The van der Waals surface area contributed by atoms with Crippen molar-refractivity contribution >= 4 is 67.7 Å². The van der Waals surface area contributed by atoms with Crippen molar-refractivity contribution in [3.63, 3.8) is 0 Å². The number of rotatable bonds is 7. The lowest BCUT2D eigenvalue weighted by Crippen LogP contribution is -2.20. The van der Waals surface area contributed by atoms with Crippen LogP contribution in [0, 0.1) is 13.8 Å². The minimum absolute atomic E-state index is 0.378. The maximum absolute atomic E-state index is 12.0. The number of ether oxygens (including phenoxy) is 2. The molecule has 39 heavy (non-hydrogen) atoms. The van der Waals surface area contributed by atoms with Crippen LogP contribution in [-0.2, 0) is 11.3 Å². The molecule has 5 rings (SSSR count). The van der Waals surface area contributed by atoms with Crippen molar-refractivity contribution in [3.8, 4) is 11.5 Å². The molecule has 3 aromatic carbocycles. The highest BCUT2D eigenvalue weighted by molar-refractivity contribution is 7.80. The number of fused-ring (bicyclic) bond motifs is 1. The summed E-state index contributed by atoms with van der Waals surface area (Å²) in [5.74, 6) is 1.11. The quantitative estimate of drug-likeness (QED) is 0.151. The van der Waals surface area contributed by atoms with Gasteiger partial charge in [0.05, 0.1) is 35.8 Å². The molecule has 0 saturated carbocycles. The molecule has 0 radical (unpaired) electrons. The second kappa shape index (κ2) is 11.4. The van der Waals surface area contributed by atoms with E-state index in [4.69, 9.17) is 38.4 Å². The summed E-state index contributed by atoms with van der Waals surface area (Å²) in [4.78, 5) is 12.4. The number of halogens is 1. The van der Waals surface area contributed by atoms with E-state index in [2.05, 4.69) is 10.6 Å². The van der Waals surface area contributed by atoms with Crippen molar-refractivity contribution in [2.75, 3.05) is 17.7 Å². The Balaban J connectivity index is 1.28. The SMILES string of the molecule is COC(=O)c1sc2cc(NC(=S)Nc3c(C)nn(Cc4cccc(Oc5ccccc5)c4)c3C)ccc2c1Cl. The molecule has 0 aliphatic rings. The van der Waals surface area contributed by atoms with E-state index in [1.54, 1.807) is 0 Å². The van der Waals surface area contributed by atoms with Gasteiger partial charge in [-0.3, -0.25) is 4.68 Å². The first-order valence-corrected chi connectivity index (χ1v) is 13.7. The number of nitrogens with zero attached hydrogens (tertiary/aromatic N) is 2. The lowest BCUT2D eigenvalue weighted by molar-refractivity contribution is 0.0606. The standard InChI is InChI=1S/C29H25ClN4O3S2/c1-17-26(32-29(38)31-20-12-13-23-24(15-20)39-27(25(23)30)28(35)36-3)18(2)34(33-17)16-19-8-7-11-22(14-19)37-21-9-5-4-6-10-21/h4-15H,16H2,1-3H3,(H2,31,32,38). The van der Waals surface area contributed by atoms with Crippen molar-refractivity contribution in [1.29, 1.82) is 0 Å². The Kier molecular flexibility index (Phi) is 7.83. The van der Waals surface area contributed by atoms with E-state index >= 15 is 0 Å². The Bertz CT molecular complexity index is 1680. The first kappa shape index (κ1) is 26.7. The molecule has 0 unspecified atom stereocenters. The average Bonchev–Trinajstić information content (AvgIpc) is 3.39. The summed E-state index contributed by atoms with van der Waals surface area (Å²) in [7, 11) is 1.34. The van der Waals surface area contributed by atoms with Crippen LogP contribution < -0.4 is 15.4 Å². The zero-order valence-electron chi connectivity index (χ0n) is 21.4. The number of nitrogens with one attached hydrogen (secondary N) is 2. The number of hydrogen-bond acceptors (Lipinski definition) is 6. The molecule has 5 aromatic rings. The largest absolute Gasteiger partial charge is 0.465 e. The number of carbonyl (C=O) groups is 1. The normalized spacial score (nSPS) is 10.9. The van der Waals surface area contributed by atoms with Crippen LogP contribution in [0.5, 0.6) is 11.5 Å². The third-order valence-electron chi connectivity index (χ3n) is 6.09. The smallest absolute Gasteiger partial charge is 0.349 e. The van der Waals surface area contributed by atoms with Crippen molar-refractivity contribution in [2.24, 2.45) is 0 Å². The second-order valence-electron chi connectivity index (χ2n) is 8.79. The molecule has 0 atom stereocenters. The monoisotopic (exact) mass is 576 g/mol. The van der Waals surface area contributed by atoms with Crippen molar-refractivity contribution in [1.82, 2.24) is 9.78 Å². The number of hydrogen-bond donors (Lipinski definition) is 2. The number of thiocarbonyl (C=S) groups is 1. The molecule has 0 spiro atoms. The molecule has 2 N–H and O–H groups in total. The van der Waals surface area contributed by atoms with E-state index in [-0.39, 0.29) is 0 Å². The summed E-state index contributed by atoms with van der Waals surface area (Å²) < 4.78 is 13.6. The summed E-state index contributed by atoms with van der Waals surface area (Å²) in [5, 5.41) is 12.8. The van der Waals surface area contributed by atoms with E-state index in [0.717, 1.165) is 49.9 Å². The van der Waals surface area contributed by atoms with Gasteiger partial charge in [-0.05, 0) is 74.1 Å². The number of aromatic nitrogens is 2. The summed E-state index contributed by atoms with van der Waals surface area (Å²) in [6.07, 6.45) is 0. The third kappa shape index (κ3) is 5.90. The Labute approximate surface area is 240 Å². The van der Waals surface area contributed by atoms with Gasteiger partial charge in [0.25, 0.3) is 0 Å². The van der Waals surface area contributed by atoms with Crippen LogP contribution in [0.1, 0.15) is 26.6 Å². The molecule has 0 aliphatic carbocycles. The van der Waals surface area contributed by atoms with Crippen LogP contribution in [0.2, 0.25) is 5.02 Å². The average molecular weight is 577 g/mol. The molecule has 0 bridgehead atoms. The lowest BCUT2D eigenvalue weighted by Gasteiger charge is -2.12. The number of aryl methyl sites for hydroxylation is 1. The summed E-state index contributed by atoms with van der Waals surface area (Å²) in [6, 6.07) is 23.3. The Morgan fingerprint density at radius 2 is 1.79 bits per heavy atom. The van der Waals surface area contributed by atoms with Gasteiger partial charge in [0.2, 0.25) is 0 Å². The minimum atomic E-state index is -0.452. The summed E-state index contributed by atoms with van der Waals surface area (Å²) in [5.41, 5.74) is 4.46. The molecular formula is C29H25ClN4O3S2. The number of esters is 1. The number of benzene rings is 3. The first-order chi connectivity index (χ1) is 18.8. The third-order valence-corrected chi connectivity index (χ3v) is 7.93. The number of carbonyl (C=O) groups excluding carboxylic acids is 1. The molecule has 198 valence electrons. The van der Waals surface area contributed by atoms with Crippen molar-refractivity contribution < 1.29 is 14.3 Å². The van der Waals surface area contributed by atoms with Gasteiger partial charge >= 0.3 is 5.97 Å². The summed E-state index contributed by atoms with van der Waals surface area (Å²) in [6.45, 7) is 4.53. The van der Waals surface area contributed by atoms with Gasteiger partial charge < -0.3 is 20.1 Å². The van der Waals surface area contributed by atoms with E-state index in [1.165, 1.54) is 18.4 Å². The Morgan fingerprint density at radius 1 is 1.03 bits per heavy atom. The Hall–Kier alpha value is -3.92. The van der Waals surface area contributed by atoms with Crippen LogP contribution in [0.25, 0.3) is 10.1 Å². The maximum atomic E-state index is 12.0. The zero-order chi connectivity index (χ0) is 27.5. The molecule has 10 heteroatoms. The molecule has 7 nitrogen and oxygen atoms in total. The zero-order valence-corrected chi connectivity index (χ0v) is 23.8. The Morgan fingerprint density at radius 3 is 2.56 bits per heavy atom. The highest BCUT2D eigenvalue weighted by Gasteiger charge is 2.18. The van der Waals surface area contributed by atoms with Crippen LogP contribution in [0.15, 0.2) is 72.8 Å².